The molecule has 0 aromatic rings. The first-order chi connectivity index (χ1) is 28.9. The summed E-state index contributed by atoms with van der Waals surface area (Å²) in [7, 11) is 0. The fourth-order valence-electron chi connectivity index (χ4n) is 14.0. The van der Waals surface area contributed by atoms with E-state index >= 15 is 0 Å². The zero-order chi connectivity index (χ0) is 43.5. The predicted octanol–water partition coefficient (Wildman–Crippen LogP) is 1.24. The Kier molecular flexibility index (Phi) is 12.4. The lowest BCUT2D eigenvalue weighted by Gasteiger charge is -2.58. The first kappa shape index (κ1) is 45.3. The number of aliphatic hydroxyl groups excluding tert-OH is 8. The number of ether oxygens (including phenoxy) is 8. The van der Waals surface area contributed by atoms with Gasteiger partial charge in [-0.1, -0.05) is 39.3 Å². The second-order valence-electron chi connectivity index (χ2n) is 21.1. The molecule has 16 nitrogen and oxygen atoms in total. The zero-order valence-electron chi connectivity index (χ0n) is 36.5. The van der Waals surface area contributed by atoms with Crippen LogP contribution in [0.4, 0.5) is 0 Å². The summed E-state index contributed by atoms with van der Waals surface area (Å²) in [5, 5.41) is 85.6. The van der Waals surface area contributed by atoms with Gasteiger partial charge in [0.2, 0.25) is 0 Å². The summed E-state index contributed by atoms with van der Waals surface area (Å²) in [6.45, 7) is 12.9. The van der Waals surface area contributed by atoms with Gasteiger partial charge < -0.3 is 78.7 Å². The fraction of sp³-hybridized carbons (Fsp3) is 0.956. The lowest BCUT2D eigenvalue weighted by molar-refractivity contribution is -0.384. The molecule has 0 unspecified atom stereocenters. The van der Waals surface area contributed by atoms with Gasteiger partial charge in [-0.15, -0.1) is 0 Å². The van der Waals surface area contributed by atoms with Gasteiger partial charge in [0.25, 0.3) is 0 Å². The van der Waals surface area contributed by atoms with E-state index in [0.717, 1.165) is 45.1 Å². The third kappa shape index (κ3) is 7.42. The van der Waals surface area contributed by atoms with Gasteiger partial charge in [-0.05, 0) is 106 Å². The smallest absolute Gasteiger partial charge is 0.187 e. The van der Waals surface area contributed by atoms with E-state index in [-0.39, 0.29) is 23.0 Å². The van der Waals surface area contributed by atoms with Crippen molar-refractivity contribution in [3.63, 3.8) is 0 Å². The van der Waals surface area contributed by atoms with Crippen molar-refractivity contribution in [2.45, 2.75) is 209 Å². The van der Waals surface area contributed by atoms with Crippen LogP contribution < -0.4 is 0 Å². The summed E-state index contributed by atoms with van der Waals surface area (Å²) in [4.78, 5) is 0. The fourth-order valence-corrected chi connectivity index (χ4v) is 14.0. The molecule has 1 spiro atoms. The Balaban J connectivity index is 0.872. The highest BCUT2D eigenvalue weighted by Gasteiger charge is 2.69. The average Bonchev–Trinajstić information content (AvgIpc) is 3.68. The van der Waals surface area contributed by atoms with Crippen LogP contribution in [-0.4, -0.2) is 164 Å². The molecule has 5 aliphatic heterocycles. The first-order valence-corrected chi connectivity index (χ1v) is 23.2. The summed E-state index contributed by atoms with van der Waals surface area (Å²) >= 11 is 0. The Labute approximate surface area is 358 Å². The van der Waals surface area contributed by atoms with Crippen molar-refractivity contribution in [1.82, 2.24) is 0 Å². The Hall–Kier alpha value is -0.900. The van der Waals surface area contributed by atoms with E-state index < -0.39 is 105 Å². The van der Waals surface area contributed by atoms with Crippen molar-refractivity contribution in [3.8, 4) is 0 Å². The molecule has 0 aromatic heterocycles. The van der Waals surface area contributed by atoms with Gasteiger partial charge >= 0.3 is 0 Å². The second kappa shape index (κ2) is 16.8. The number of aliphatic hydroxyl groups is 8. The SMILES string of the molecule is C[C@@H]1CC[C@@]2(OC1)O[C@H]1C[C@H]3[C@@H]4CC=C5C[C@@H](O[C@H]6O[C@@H](C)[C@H](O)[C@@H](O)[C@H]6O[C@H]6O[C@@H](C)[C@H](O)[C@@H](O[C@@H]7O[C@H](CO)[C@@H](O)[C@H](O)[C@H]7O)[C@H]6O)CC[C@]5(C)[C@H]4CC[C@]3(C)[C@H]1[C@@H]2C. The molecule has 61 heavy (non-hydrogen) atoms. The molecule has 0 radical (unpaired) electrons. The summed E-state index contributed by atoms with van der Waals surface area (Å²) in [5.41, 5.74) is 1.64. The summed E-state index contributed by atoms with van der Waals surface area (Å²) in [6.07, 6.45) is -10.1. The molecule has 5 heterocycles. The van der Waals surface area contributed by atoms with Crippen LogP contribution in [0.2, 0.25) is 0 Å². The van der Waals surface area contributed by atoms with Crippen LogP contribution in [0.1, 0.15) is 99.3 Å². The number of hydrogen-bond acceptors (Lipinski definition) is 16. The summed E-state index contributed by atoms with van der Waals surface area (Å²) in [5.74, 6) is 2.77. The van der Waals surface area contributed by atoms with Gasteiger partial charge in [0.1, 0.15) is 61.0 Å². The summed E-state index contributed by atoms with van der Waals surface area (Å²) in [6, 6.07) is 0. The predicted molar refractivity (Wildman–Crippen MR) is 213 cm³/mol. The molecule has 9 rings (SSSR count). The first-order valence-electron chi connectivity index (χ1n) is 23.2. The van der Waals surface area contributed by atoms with Gasteiger partial charge in [-0.3, -0.25) is 0 Å². The van der Waals surface area contributed by atoms with Gasteiger partial charge in [-0.25, -0.2) is 0 Å². The maximum atomic E-state index is 11.5. The Morgan fingerprint density at radius 2 is 1.39 bits per heavy atom. The zero-order valence-corrected chi connectivity index (χ0v) is 36.5. The van der Waals surface area contributed by atoms with E-state index in [9.17, 15) is 40.9 Å². The highest BCUT2D eigenvalue weighted by molar-refractivity contribution is 5.26. The molecule has 0 amide bonds. The molecular weight excluding hydrogens is 796 g/mol. The van der Waals surface area contributed by atoms with Crippen LogP contribution in [0.3, 0.4) is 0 Å². The molecule has 5 saturated heterocycles. The van der Waals surface area contributed by atoms with Crippen LogP contribution in [0.5, 0.6) is 0 Å². The van der Waals surface area contributed by atoms with Crippen molar-refractivity contribution in [2.75, 3.05) is 13.2 Å². The van der Waals surface area contributed by atoms with Crippen molar-refractivity contribution in [1.29, 1.82) is 0 Å². The lowest BCUT2D eigenvalue weighted by atomic mass is 9.47. The molecule has 3 saturated carbocycles. The van der Waals surface area contributed by atoms with Crippen LogP contribution in [0, 0.1) is 46.3 Å². The quantitative estimate of drug-likeness (QED) is 0.168. The largest absolute Gasteiger partial charge is 0.394 e. The van der Waals surface area contributed by atoms with Crippen LogP contribution in [-0.2, 0) is 37.9 Å². The minimum atomic E-state index is -1.78. The summed E-state index contributed by atoms with van der Waals surface area (Å²) < 4.78 is 49.7. The van der Waals surface area contributed by atoms with Crippen molar-refractivity contribution in [2.24, 2.45) is 46.3 Å². The van der Waals surface area contributed by atoms with E-state index in [1.165, 1.54) is 25.3 Å². The standard InChI is InChI=1S/C45H72O16/c1-19-9-14-45(54-18-19)20(2)30-28(61-45)16-27-25-8-7-23-15-24(10-12-43(23,5)26(25)11-13-44(27,30)6)57-42-39(35(51)31(47)21(3)56-42)60-41-37(53)38(32(48)22(4)55-41)59-40-36(52)34(50)33(49)29(17-46)58-40/h7,19-22,24-42,46-53H,8-18H2,1-6H3/t19-,20+,21+,22+,24+,25-,26+,27+,28+,29-,30+,31+,32+,33-,34+,35-,36-,37-,38-,39-,40+,41-,42-,43+,44+,45-/m1/s1. The van der Waals surface area contributed by atoms with E-state index in [1.54, 1.807) is 6.92 Å². The molecule has 0 bridgehead atoms. The van der Waals surface area contributed by atoms with Crippen LogP contribution >= 0.6 is 0 Å². The molecule has 8 N–H and O–H groups in total. The molecule has 348 valence electrons. The Morgan fingerprint density at radius 3 is 2.11 bits per heavy atom. The Morgan fingerprint density at radius 1 is 0.689 bits per heavy atom. The van der Waals surface area contributed by atoms with Gasteiger partial charge in [0.15, 0.2) is 24.7 Å². The molecule has 0 aromatic carbocycles. The van der Waals surface area contributed by atoms with E-state index in [4.69, 9.17) is 37.9 Å². The van der Waals surface area contributed by atoms with E-state index in [2.05, 4.69) is 33.8 Å². The lowest BCUT2D eigenvalue weighted by Crippen LogP contribution is -2.66. The average molecular weight is 869 g/mol. The maximum absolute atomic E-state index is 11.5. The van der Waals surface area contributed by atoms with E-state index in [0.29, 0.717) is 41.9 Å². The number of hydrogen-bond donors (Lipinski definition) is 8. The molecule has 9 aliphatic rings. The van der Waals surface area contributed by atoms with Crippen molar-refractivity contribution in [3.05, 3.63) is 11.6 Å². The minimum absolute atomic E-state index is 0.0252. The van der Waals surface area contributed by atoms with Gasteiger partial charge in [0, 0.05) is 12.3 Å². The highest BCUT2D eigenvalue weighted by atomic mass is 16.8. The molecule has 16 heteroatoms. The number of fused-ring (bicyclic) bond motifs is 7. The van der Waals surface area contributed by atoms with Gasteiger partial charge in [0.05, 0.1) is 37.6 Å². The minimum Gasteiger partial charge on any atom is -0.394 e. The van der Waals surface area contributed by atoms with Crippen molar-refractivity contribution >= 4 is 0 Å². The van der Waals surface area contributed by atoms with Gasteiger partial charge in [-0.2, -0.15) is 0 Å². The maximum Gasteiger partial charge on any atom is 0.187 e. The molecular formula is C45H72O16. The van der Waals surface area contributed by atoms with E-state index in [1.807, 2.05) is 0 Å². The normalized spacial score (nSPS) is 58.4. The molecule has 4 aliphatic carbocycles. The van der Waals surface area contributed by atoms with Crippen LogP contribution in [0.15, 0.2) is 11.6 Å². The highest BCUT2D eigenvalue weighted by Crippen LogP contribution is 2.70. The number of rotatable bonds is 7. The molecule has 8 fully saturated rings. The number of allylic oxidation sites excluding steroid dienone is 1. The molecule has 26 atom stereocenters. The topological polar surface area (TPSA) is 236 Å². The second-order valence-corrected chi connectivity index (χ2v) is 21.1. The Bertz CT molecular complexity index is 1590. The van der Waals surface area contributed by atoms with Crippen molar-refractivity contribution < 1.29 is 78.7 Å². The van der Waals surface area contributed by atoms with Crippen LogP contribution in [0.25, 0.3) is 0 Å². The monoisotopic (exact) mass is 868 g/mol. The third-order valence-electron chi connectivity index (χ3n) is 17.6. The third-order valence-corrected chi connectivity index (χ3v) is 17.6.